The van der Waals surface area contributed by atoms with Crippen LogP contribution in [-0.2, 0) is 16.1 Å². The average molecular weight is 234 g/mol. The number of hydrogen-bond acceptors (Lipinski definition) is 3. The standard InChI is InChI=1S/C12H11FN2O2/c13-11-4-2-1-3-9(11)6-15-7-10(14-8-16)5-12(15)17/h1-4,10H,5-7H2. The molecule has 1 unspecified atom stereocenters. The second kappa shape index (κ2) is 4.89. The summed E-state index contributed by atoms with van der Waals surface area (Å²) in [5, 5.41) is 0. The molecule has 0 radical (unpaired) electrons. The number of carbonyl (C=O) groups excluding carboxylic acids is 2. The molecule has 0 aliphatic carbocycles. The lowest BCUT2D eigenvalue weighted by molar-refractivity contribution is -0.128. The van der Waals surface area contributed by atoms with Crippen LogP contribution in [-0.4, -0.2) is 29.5 Å². The Labute approximate surface area is 97.8 Å². The Morgan fingerprint density at radius 2 is 2.24 bits per heavy atom. The van der Waals surface area contributed by atoms with Crippen LogP contribution in [0.5, 0.6) is 0 Å². The van der Waals surface area contributed by atoms with Crippen molar-refractivity contribution >= 4 is 12.0 Å². The zero-order chi connectivity index (χ0) is 12.3. The molecule has 0 N–H and O–H groups in total. The molecule has 1 atom stereocenters. The monoisotopic (exact) mass is 234 g/mol. The van der Waals surface area contributed by atoms with Gasteiger partial charge in [0, 0.05) is 18.7 Å². The van der Waals surface area contributed by atoms with Gasteiger partial charge in [0.2, 0.25) is 12.0 Å². The molecular weight excluding hydrogens is 223 g/mol. The Hall–Kier alpha value is -2.00. The number of likely N-dealkylation sites (tertiary alicyclic amines) is 1. The number of isocyanates is 1. The lowest BCUT2D eigenvalue weighted by Crippen LogP contribution is -2.25. The molecule has 88 valence electrons. The van der Waals surface area contributed by atoms with Gasteiger partial charge in [0.05, 0.1) is 12.5 Å². The van der Waals surface area contributed by atoms with E-state index in [0.717, 1.165) is 0 Å². The lowest BCUT2D eigenvalue weighted by Gasteiger charge is -2.15. The Bertz CT molecular complexity index is 483. The molecule has 0 aromatic heterocycles. The summed E-state index contributed by atoms with van der Waals surface area (Å²) in [5.74, 6) is -0.445. The number of hydrogen-bond donors (Lipinski definition) is 0. The zero-order valence-corrected chi connectivity index (χ0v) is 9.10. The van der Waals surface area contributed by atoms with Crippen LogP contribution in [0.25, 0.3) is 0 Å². The summed E-state index contributed by atoms with van der Waals surface area (Å²) >= 11 is 0. The molecule has 1 fully saturated rings. The van der Waals surface area contributed by atoms with Crippen LogP contribution in [0.15, 0.2) is 29.3 Å². The zero-order valence-electron chi connectivity index (χ0n) is 9.10. The molecule has 1 aromatic carbocycles. The molecule has 17 heavy (non-hydrogen) atoms. The molecule has 4 nitrogen and oxygen atoms in total. The van der Waals surface area contributed by atoms with E-state index >= 15 is 0 Å². The molecular formula is C12H11FN2O2. The highest BCUT2D eigenvalue weighted by molar-refractivity contribution is 5.79. The van der Waals surface area contributed by atoms with Gasteiger partial charge >= 0.3 is 0 Å². The quantitative estimate of drug-likeness (QED) is 0.584. The van der Waals surface area contributed by atoms with Gasteiger partial charge in [0.1, 0.15) is 5.82 Å². The highest BCUT2D eigenvalue weighted by atomic mass is 19.1. The predicted octanol–water partition coefficient (Wildman–Crippen LogP) is 1.26. The van der Waals surface area contributed by atoms with Crippen LogP contribution in [0.2, 0.25) is 0 Å². The molecule has 1 aliphatic heterocycles. The molecule has 1 heterocycles. The van der Waals surface area contributed by atoms with E-state index in [1.807, 2.05) is 0 Å². The van der Waals surface area contributed by atoms with Crippen LogP contribution in [0, 0.1) is 5.82 Å². The summed E-state index contributed by atoms with van der Waals surface area (Å²) < 4.78 is 13.4. The fourth-order valence-corrected chi connectivity index (χ4v) is 1.90. The Morgan fingerprint density at radius 1 is 1.47 bits per heavy atom. The maximum atomic E-state index is 13.4. The third-order valence-electron chi connectivity index (χ3n) is 2.75. The van der Waals surface area contributed by atoms with Gasteiger partial charge < -0.3 is 4.90 Å². The van der Waals surface area contributed by atoms with Crippen LogP contribution >= 0.6 is 0 Å². The third kappa shape index (κ3) is 2.57. The van der Waals surface area contributed by atoms with Crippen molar-refractivity contribution in [2.75, 3.05) is 6.54 Å². The Balaban J connectivity index is 2.08. The van der Waals surface area contributed by atoms with Crippen LogP contribution in [0.3, 0.4) is 0 Å². The van der Waals surface area contributed by atoms with E-state index in [-0.39, 0.29) is 30.7 Å². The van der Waals surface area contributed by atoms with E-state index in [0.29, 0.717) is 12.1 Å². The first-order valence-electron chi connectivity index (χ1n) is 5.29. The third-order valence-corrected chi connectivity index (χ3v) is 2.75. The minimum Gasteiger partial charge on any atom is -0.336 e. The molecule has 1 aliphatic rings. The van der Waals surface area contributed by atoms with Gasteiger partial charge in [0.25, 0.3) is 0 Å². The first-order chi connectivity index (χ1) is 8.20. The van der Waals surface area contributed by atoms with Crippen molar-refractivity contribution in [3.05, 3.63) is 35.6 Å². The van der Waals surface area contributed by atoms with Crippen molar-refractivity contribution < 1.29 is 14.0 Å². The number of carbonyl (C=O) groups is 1. The minimum atomic E-state index is -0.341. The van der Waals surface area contributed by atoms with Gasteiger partial charge in [0.15, 0.2) is 0 Å². The van der Waals surface area contributed by atoms with E-state index < -0.39 is 0 Å². The van der Waals surface area contributed by atoms with Crippen molar-refractivity contribution in [3.63, 3.8) is 0 Å². The maximum Gasteiger partial charge on any atom is 0.235 e. The van der Waals surface area contributed by atoms with Gasteiger partial charge in [-0.15, -0.1) is 0 Å². The number of benzene rings is 1. The molecule has 1 amide bonds. The number of rotatable bonds is 3. The fraction of sp³-hybridized carbons (Fsp3) is 0.333. The normalized spacial score (nSPS) is 19.2. The first-order valence-corrected chi connectivity index (χ1v) is 5.29. The highest BCUT2D eigenvalue weighted by Crippen LogP contribution is 2.18. The maximum absolute atomic E-state index is 13.4. The molecule has 0 bridgehead atoms. The molecule has 0 saturated carbocycles. The Kier molecular flexibility index (Phi) is 3.30. The average Bonchev–Trinajstić information content (AvgIpc) is 2.63. The van der Waals surface area contributed by atoms with Crippen molar-refractivity contribution in [2.45, 2.75) is 19.0 Å². The van der Waals surface area contributed by atoms with E-state index in [2.05, 4.69) is 4.99 Å². The predicted molar refractivity (Wildman–Crippen MR) is 58.3 cm³/mol. The van der Waals surface area contributed by atoms with E-state index in [1.165, 1.54) is 17.0 Å². The smallest absolute Gasteiger partial charge is 0.235 e. The number of aliphatic imine (C=N–C) groups is 1. The van der Waals surface area contributed by atoms with Gasteiger partial charge in [-0.1, -0.05) is 18.2 Å². The molecule has 1 saturated heterocycles. The number of nitrogens with zero attached hydrogens (tertiary/aromatic N) is 2. The van der Waals surface area contributed by atoms with Gasteiger partial charge in [-0.2, -0.15) is 0 Å². The minimum absolute atomic E-state index is 0.114. The van der Waals surface area contributed by atoms with E-state index in [4.69, 9.17) is 0 Å². The summed E-state index contributed by atoms with van der Waals surface area (Å²) in [6.07, 6.45) is 1.65. The summed E-state index contributed by atoms with van der Waals surface area (Å²) in [5.41, 5.74) is 0.469. The van der Waals surface area contributed by atoms with E-state index in [1.54, 1.807) is 18.2 Å². The highest BCUT2D eigenvalue weighted by Gasteiger charge is 2.29. The van der Waals surface area contributed by atoms with Gasteiger partial charge in [-0.05, 0) is 6.07 Å². The van der Waals surface area contributed by atoms with Gasteiger partial charge in [-0.25, -0.2) is 14.2 Å². The molecule has 1 aromatic rings. The van der Waals surface area contributed by atoms with Crippen molar-refractivity contribution in [2.24, 2.45) is 4.99 Å². The van der Waals surface area contributed by atoms with Crippen molar-refractivity contribution in [1.29, 1.82) is 0 Å². The fourth-order valence-electron chi connectivity index (χ4n) is 1.90. The summed E-state index contributed by atoms with van der Waals surface area (Å²) in [6, 6.07) is 5.98. The first kappa shape index (κ1) is 11.5. The van der Waals surface area contributed by atoms with Crippen LogP contribution in [0.1, 0.15) is 12.0 Å². The van der Waals surface area contributed by atoms with Crippen LogP contribution in [0.4, 0.5) is 4.39 Å². The summed E-state index contributed by atoms with van der Waals surface area (Å²) in [7, 11) is 0. The molecule has 5 heteroatoms. The number of halogens is 1. The summed E-state index contributed by atoms with van der Waals surface area (Å²) in [4.78, 5) is 26.7. The second-order valence-electron chi connectivity index (χ2n) is 3.94. The van der Waals surface area contributed by atoms with Crippen LogP contribution < -0.4 is 0 Å². The topological polar surface area (TPSA) is 49.7 Å². The Morgan fingerprint density at radius 3 is 2.94 bits per heavy atom. The largest absolute Gasteiger partial charge is 0.336 e. The number of amides is 1. The van der Waals surface area contributed by atoms with Crippen molar-refractivity contribution in [3.8, 4) is 0 Å². The van der Waals surface area contributed by atoms with E-state index in [9.17, 15) is 14.0 Å². The molecule has 0 spiro atoms. The van der Waals surface area contributed by atoms with Crippen molar-refractivity contribution in [1.82, 2.24) is 4.90 Å². The molecule has 2 rings (SSSR count). The second-order valence-corrected chi connectivity index (χ2v) is 3.94. The SMILES string of the molecule is O=C=NC1CC(=O)N(Cc2ccccc2F)C1. The van der Waals surface area contributed by atoms with Gasteiger partial charge in [-0.3, -0.25) is 4.79 Å². The lowest BCUT2D eigenvalue weighted by atomic mass is 10.2. The summed E-state index contributed by atoms with van der Waals surface area (Å²) in [6.45, 7) is 0.568.